The quantitative estimate of drug-likeness (QED) is 0.526. The summed E-state index contributed by atoms with van der Waals surface area (Å²) in [5, 5.41) is 12.0. The molecule has 1 rings (SSSR count). The summed E-state index contributed by atoms with van der Waals surface area (Å²) in [6.07, 6.45) is 0.0483. The van der Waals surface area contributed by atoms with Crippen molar-refractivity contribution in [2.45, 2.75) is 18.6 Å². The number of carbonyl (C=O) groups excluding carboxylic acids is 1. The number of ether oxygens (including phenoxy) is 1. The molecule has 66 valence electrons. The SMILES string of the molecule is COC(=O)[C@@H]1NCC[C@H]1O.Cl. The summed E-state index contributed by atoms with van der Waals surface area (Å²) in [5.74, 6) is -0.384. The maximum Gasteiger partial charge on any atom is 0.325 e. The smallest absolute Gasteiger partial charge is 0.325 e. The highest BCUT2D eigenvalue weighted by Crippen LogP contribution is 2.07. The highest BCUT2D eigenvalue weighted by Gasteiger charge is 2.31. The molecule has 2 atom stereocenters. The maximum atomic E-state index is 10.8. The van der Waals surface area contributed by atoms with Crippen LogP contribution in [0.3, 0.4) is 0 Å². The van der Waals surface area contributed by atoms with Gasteiger partial charge in [0.1, 0.15) is 6.04 Å². The molecule has 0 unspecified atom stereocenters. The van der Waals surface area contributed by atoms with Gasteiger partial charge in [0.2, 0.25) is 0 Å². The van der Waals surface area contributed by atoms with Crippen LogP contribution in [-0.4, -0.2) is 36.9 Å². The first kappa shape index (κ1) is 10.7. The molecule has 0 radical (unpaired) electrons. The molecule has 5 heteroatoms. The summed E-state index contributed by atoms with van der Waals surface area (Å²) < 4.78 is 4.44. The van der Waals surface area contributed by atoms with Crippen LogP contribution in [0.1, 0.15) is 6.42 Å². The van der Waals surface area contributed by atoms with Crippen molar-refractivity contribution in [3.63, 3.8) is 0 Å². The summed E-state index contributed by atoms with van der Waals surface area (Å²) in [5.41, 5.74) is 0. The molecule has 0 amide bonds. The summed E-state index contributed by atoms with van der Waals surface area (Å²) in [6, 6.07) is -0.509. The number of aliphatic hydroxyl groups is 1. The minimum atomic E-state index is -0.576. The highest BCUT2D eigenvalue weighted by atomic mass is 35.5. The van der Waals surface area contributed by atoms with E-state index in [2.05, 4.69) is 10.1 Å². The van der Waals surface area contributed by atoms with Crippen molar-refractivity contribution in [2.75, 3.05) is 13.7 Å². The van der Waals surface area contributed by atoms with Crippen molar-refractivity contribution >= 4 is 18.4 Å². The first-order chi connectivity index (χ1) is 4.75. The van der Waals surface area contributed by atoms with Gasteiger partial charge in [0.15, 0.2) is 0 Å². The Labute approximate surface area is 71.3 Å². The van der Waals surface area contributed by atoms with Gasteiger partial charge in [-0.1, -0.05) is 0 Å². The lowest BCUT2D eigenvalue weighted by Crippen LogP contribution is -2.39. The Morgan fingerprint density at radius 2 is 2.36 bits per heavy atom. The summed E-state index contributed by atoms with van der Waals surface area (Å²) in [7, 11) is 1.31. The van der Waals surface area contributed by atoms with Crippen LogP contribution in [0.2, 0.25) is 0 Å². The molecule has 11 heavy (non-hydrogen) atoms. The van der Waals surface area contributed by atoms with Crippen molar-refractivity contribution in [3.05, 3.63) is 0 Å². The summed E-state index contributed by atoms with van der Waals surface area (Å²) in [4.78, 5) is 10.8. The van der Waals surface area contributed by atoms with Crippen LogP contribution < -0.4 is 5.32 Å². The largest absolute Gasteiger partial charge is 0.468 e. The Morgan fingerprint density at radius 1 is 1.73 bits per heavy atom. The summed E-state index contributed by atoms with van der Waals surface area (Å²) >= 11 is 0. The fraction of sp³-hybridized carbons (Fsp3) is 0.833. The van der Waals surface area contributed by atoms with E-state index in [-0.39, 0.29) is 18.4 Å². The Morgan fingerprint density at radius 3 is 2.73 bits per heavy atom. The zero-order valence-corrected chi connectivity index (χ0v) is 7.06. The van der Waals surface area contributed by atoms with E-state index in [4.69, 9.17) is 5.11 Å². The van der Waals surface area contributed by atoms with Crippen molar-refractivity contribution in [2.24, 2.45) is 0 Å². The molecule has 0 spiro atoms. The average molecular weight is 182 g/mol. The third kappa shape index (κ3) is 2.32. The molecule has 1 aliphatic heterocycles. The molecule has 1 aliphatic rings. The number of hydrogen-bond donors (Lipinski definition) is 2. The van der Waals surface area contributed by atoms with Crippen LogP contribution >= 0.6 is 12.4 Å². The van der Waals surface area contributed by atoms with Gasteiger partial charge in [-0.3, -0.25) is 4.79 Å². The van der Waals surface area contributed by atoms with Crippen LogP contribution in [0.25, 0.3) is 0 Å². The molecule has 0 aromatic rings. The van der Waals surface area contributed by atoms with Gasteiger partial charge in [-0.25, -0.2) is 0 Å². The van der Waals surface area contributed by atoms with Gasteiger partial charge < -0.3 is 15.2 Å². The molecule has 1 saturated heterocycles. The van der Waals surface area contributed by atoms with Crippen molar-refractivity contribution in [1.82, 2.24) is 5.32 Å². The molecule has 0 aliphatic carbocycles. The second-order valence-corrected chi connectivity index (χ2v) is 2.31. The maximum absolute atomic E-state index is 10.8. The van der Waals surface area contributed by atoms with E-state index < -0.39 is 12.1 Å². The van der Waals surface area contributed by atoms with Gasteiger partial charge in [0, 0.05) is 0 Å². The van der Waals surface area contributed by atoms with Crippen molar-refractivity contribution in [1.29, 1.82) is 0 Å². The molecule has 4 nitrogen and oxygen atoms in total. The first-order valence-electron chi connectivity index (χ1n) is 3.25. The predicted octanol–water partition coefficient (Wildman–Crippen LogP) is -0.696. The number of methoxy groups -OCH3 is 1. The molecule has 0 aromatic carbocycles. The Bertz CT molecular complexity index is 142. The summed E-state index contributed by atoms with van der Waals surface area (Å²) in [6.45, 7) is 0.681. The molecule has 0 aromatic heterocycles. The zero-order valence-electron chi connectivity index (χ0n) is 6.24. The van der Waals surface area contributed by atoms with Gasteiger partial charge in [0.05, 0.1) is 13.2 Å². The fourth-order valence-electron chi connectivity index (χ4n) is 1.06. The third-order valence-electron chi connectivity index (χ3n) is 1.64. The van der Waals surface area contributed by atoms with Crippen LogP contribution in [0, 0.1) is 0 Å². The second kappa shape index (κ2) is 4.54. The van der Waals surface area contributed by atoms with E-state index in [9.17, 15) is 4.79 Å². The Hall–Kier alpha value is -0.320. The van der Waals surface area contributed by atoms with E-state index in [1.165, 1.54) is 7.11 Å². The van der Waals surface area contributed by atoms with Gasteiger partial charge in [-0.15, -0.1) is 12.4 Å². The molecule has 1 heterocycles. The van der Waals surface area contributed by atoms with Crippen LogP contribution in [0.4, 0.5) is 0 Å². The number of rotatable bonds is 1. The van der Waals surface area contributed by atoms with Crippen LogP contribution in [-0.2, 0) is 9.53 Å². The lowest BCUT2D eigenvalue weighted by atomic mass is 10.2. The van der Waals surface area contributed by atoms with Crippen LogP contribution in [0.15, 0.2) is 0 Å². The normalized spacial score (nSPS) is 29.3. The topological polar surface area (TPSA) is 58.6 Å². The molecule has 0 bridgehead atoms. The average Bonchev–Trinajstić information content (AvgIpc) is 2.34. The number of nitrogens with one attached hydrogen (secondary N) is 1. The molecular weight excluding hydrogens is 170 g/mol. The number of esters is 1. The minimum Gasteiger partial charge on any atom is -0.468 e. The highest BCUT2D eigenvalue weighted by molar-refractivity contribution is 5.85. The fourth-order valence-corrected chi connectivity index (χ4v) is 1.06. The van der Waals surface area contributed by atoms with Crippen molar-refractivity contribution in [3.8, 4) is 0 Å². The molecule has 2 N–H and O–H groups in total. The number of aliphatic hydroxyl groups excluding tert-OH is 1. The number of carbonyl (C=O) groups is 1. The zero-order chi connectivity index (χ0) is 7.56. The molecular formula is C6H12ClNO3. The van der Waals surface area contributed by atoms with Crippen molar-refractivity contribution < 1.29 is 14.6 Å². The number of halogens is 1. The Balaban J connectivity index is 0.000001000. The van der Waals surface area contributed by atoms with E-state index in [0.717, 1.165) is 0 Å². The monoisotopic (exact) mass is 181 g/mol. The standard InChI is InChI=1S/C6H11NO3.ClH/c1-10-6(9)5-4(8)2-3-7-5;/h4-5,7-8H,2-3H2,1H3;1H/t4-,5-;/m1./s1. The second-order valence-electron chi connectivity index (χ2n) is 2.31. The van der Waals surface area contributed by atoms with E-state index in [1.54, 1.807) is 0 Å². The van der Waals surface area contributed by atoms with E-state index in [1.807, 2.05) is 0 Å². The Kier molecular flexibility index (Phi) is 4.40. The van der Waals surface area contributed by atoms with E-state index in [0.29, 0.717) is 13.0 Å². The van der Waals surface area contributed by atoms with Gasteiger partial charge in [-0.05, 0) is 13.0 Å². The van der Waals surface area contributed by atoms with Gasteiger partial charge >= 0.3 is 5.97 Å². The lowest BCUT2D eigenvalue weighted by Gasteiger charge is -2.10. The predicted molar refractivity (Wildman–Crippen MR) is 41.7 cm³/mol. The van der Waals surface area contributed by atoms with Gasteiger partial charge in [0.25, 0.3) is 0 Å². The third-order valence-corrected chi connectivity index (χ3v) is 1.64. The van der Waals surface area contributed by atoms with Crippen LogP contribution in [0.5, 0.6) is 0 Å². The first-order valence-corrected chi connectivity index (χ1v) is 3.25. The molecule has 0 saturated carbocycles. The van der Waals surface area contributed by atoms with E-state index >= 15 is 0 Å². The molecule has 1 fully saturated rings. The lowest BCUT2D eigenvalue weighted by molar-refractivity contribution is -0.144. The number of hydrogen-bond acceptors (Lipinski definition) is 4. The minimum absolute atomic E-state index is 0. The van der Waals surface area contributed by atoms with Gasteiger partial charge in [-0.2, -0.15) is 0 Å².